The Labute approximate surface area is 210 Å². The number of alkyl halides is 3. The highest BCUT2D eigenvalue weighted by molar-refractivity contribution is 9.10. The highest BCUT2D eigenvalue weighted by Crippen LogP contribution is 2.36. The van der Waals surface area contributed by atoms with E-state index in [1.807, 2.05) is 6.07 Å². The summed E-state index contributed by atoms with van der Waals surface area (Å²) in [7, 11) is 0. The number of nitrogens with two attached hydrogens (primary N) is 1. The van der Waals surface area contributed by atoms with Crippen LogP contribution in [0.2, 0.25) is 0 Å². The molecular weight excluding hydrogens is 541 g/mol. The second-order valence-corrected chi connectivity index (χ2v) is 8.68. The molecule has 3 N–H and O–H groups in total. The van der Waals surface area contributed by atoms with E-state index in [-0.39, 0.29) is 29.0 Å². The van der Waals surface area contributed by atoms with Crippen LogP contribution in [-0.4, -0.2) is 26.6 Å². The molecule has 0 saturated heterocycles. The van der Waals surface area contributed by atoms with Crippen LogP contribution in [-0.2, 0) is 12.7 Å². The molecule has 0 radical (unpaired) electrons. The number of hydrogen-bond donors (Lipinski definition) is 2. The molecule has 0 spiro atoms. The van der Waals surface area contributed by atoms with Crippen molar-refractivity contribution in [3.63, 3.8) is 0 Å². The van der Waals surface area contributed by atoms with Crippen molar-refractivity contribution in [1.29, 1.82) is 5.26 Å². The van der Waals surface area contributed by atoms with E-state index in [1.54, 1.807) is 42.5 Å². The van der Waals surface area contributed by atoms with Gasteiger partial charge < -0.3 is 11.1 Å². The maximum absolute atomic E-state index is 13.9. The number of nitriles is 1. The molecule has 36 heavy (non-hydrogen) atoms. The number of pyridine rings is 1. The van der Waals surface area contributed by atoms with E-state index < -0.39 is 29.4 Å². The number of nitrogens with one attached hydrogen (secondary N) is 1. The Balaban J connectivity index is 1.81. The van der Waals surface area contributed by atoms with E-state index in [9.17, 15) is 28.0 Å². The quantitative estimate of drug-likeness (QED) is 0.365. The molecule has 0 unspecified atom stereocenters. The van der Waals surface area contributed by atoms with E-state index in [0.29, 0.717) is 21.0 Å². The van der Waals surface area contributed by atoms with Crippen molar-refractivity contribution in [2.75, 3.05) is 5.32 Å². The molecule has 0 aliphatic rings. The molecule has 2 amide bonds. The Morgan fingerprint density at radius 2 is 1.92 bits per heavy atom. The highest BCUT2D eigenvalue weighted by Gasteiger charge is 2.39. The predicted molar refractivity (Wildman–Crippen MR) is 128 cm³/mol. The molecule has 2 heterocycles. The van der Waals surface area contributed by atoms with Gasteiger partial charge in [0.2, 0.25) is 0 Å². The van der Waals surface area contributed by atoms with Gasteiger partial charge in [-0.25, -0.2) is 4.98 Å². The number of benzene rings is 2. The molecule has 0 atom stereocenters. The first-order valence-corrected chi connectivity index (χ1v) is 11.1. The zero-order valence-electron chi connectivity index (χ0n) is 18.5. The third-order valence-electron chi connectivity index (χ3n) is 5.44. The number of carbonyl (C=O) groups is 2. The van der Waals surface area contributed by atoms with Gasteiger partial charge in [0.1, 0.15) is 5.69 Å². The summed E-state index contributed by atoms with van der Waals surface area (Å²) in [5.41, 5.74) is 4.24. The van der Waals surface area contributed by atoms with E-state index in [0.717, 1.165) is 10.7 Å². The lowest BCUT2D eigenvalue weighted by Gasteiger charge is -2.12. The minimum Gasteiger partial charge on any atom is -0.364 e. The Morgan fingerprint density at radius 1 is 1.19 bits per heavy atom. The molecule has 4 rings (SSSR count). The number of hydrogen-bond acceptors (Lipinski definition) is 5. The van der Waals surface area contributed by atoms with Gasteiger partial charge in [-0.2, -0.15) is 23.5 Å². The van der Waals surface area contributed by atoms with Crippen LogP contribution in [0.1, 0.15) is 43.4 Å². The van der Waals surface area contributed by atoms with E-state index in [4.69, 9.17) is 5.73 Å². The lowest BCUT2D eigenvalue weighted by molar-refractivity contribution is -0.140. The number of halogens is 4. The minimum atomic E-state index is -4.88. The van der Waals surface area contributed by atoms with Crippen LogP contribution in [0.15, 0.2) is 53.0 Å². The average Bonchev–Trinajstić information content (AvgIpc) is 3.14. The summed E-state index contributed by atoms with van der Waals surface area (Å²) >= 11 is 3.29. The zero-order valence-corrected chi connectivity index (χ0v) is 20.1. The van der Waals surface area contributed by atoms with Gasteiger partial charge in [0.25, 0.3) is 11.8 Å². The molecule has 4 aromatic rings. The summed E-state index contributed by atoms with van der Waals surface area (Å²) in [6.45, 7) is 1.26. The van der Waals surface area contributed by atoms with Crippen molar-refractivity contribution in [2.24, 2.45) is 5.73 Å². The molecule has 8 nitrogen and oxygen atoms in total. The number of fused-ring (bicyclic) bond motifs is 1. The number of aromatic nitrogens is 3. The van der Waals surface area contributed by atoms with Crippen LogP contribution in [0.5, 0.6) is 0 Å². The summed E-state index contributed by atoms with van der Waals surface area (Å²) < 4.78 is 43.4. The van der Waals surface area contributed by atoms with Gasteiger partial charge in [0.05, 0.1) is 40.6 Å². The third kappa shape index (κ3) is 4.78. The summed E-state index contributed by atoms with van der Waals surface area (Å²) in [5, 5.41) is 15.6. The maximum Gasteiger partial charge on any atom is 0.437 e. The molecule has 2 aromatic carbocycles. The predicted octanol–water partition coefficient (Wildman–Crippen LogP) is 4.79. The first kappa shape index (κ1) is 24.9. The highest BCUT2D eigenvalue weighted by atomic mass is 79.9. The molecule has 0 fully saturated rings. The van der Waals surface area contributed by atoms with Gasteiger partial charge in [0.15, 0.2) is 5.69 Å². The first-order valence-electron chi connectivity index (χ1n) is 10.3. The number of rotatable bonds is 5. The van der Waals surface area contributed by atoms with Gasteiger partial charge in [-0.1, -0.05) is 34.1 Å². The molecular formula is C24H16BrF3N6O2. The van der Waals surface area contributed by atoms with Crippen LogP contribution in [0.4, 0.5) is 18.9 Å². The molecule has 0 saturated carbocycles. The number of primary amides is 1. The standard InChI is InChI=1S/C24H16BrF3N6O2/c1-12-20(21(24(26,27)28)33-34(12)11-14-5-3-2-4-13(14)10-29)32-23(36)17-9-19(22(30)35)31-18-7-6-15(25)8-16(17)18/h2-9H,11H2,1H3,(H2,30,35)(H,32,36). The third-order valence-corrected chi connectivity index (χ3v) is 5.93. The number of carbonyl (C=O) groups excluding carboxylic acids is 2. The van der Waals surface area contributed by atoms with Gasteiger partial charge in [-0.05, 0) is 42.8 Å². The summed E-state index contributed by atoms with van der Waals surface area (Å²) in [5.74, 6) is -1.81. The summed E-state index contributed by atoms with van der Waals surface area (Å²) in [4.78, 5) is 29.1. The van der Waals surface area contributed by atoms with Crippen LogP contribution in [0.3, 0.4) is 0 Å². The second kappa shape index (κ2) is 9.43. The van der Waals surface area contributed by atoms with Crippen molar-refractivity contribution in [3.8, 4) is 6.07 Å². The molecule has 0 aliphatic carbocycles. The fraction of sp³-hybridized carbons (Fsp3) is 0.125. The van der Waals surface area contributed by atoms with Crippen LogP contribution >= 0.6 is 15.9 Å². The molecule has 182 valence electrons. The lowest BCUT2D eigenvalue weighted by atomic mass is 10.1. The largest absolute Gasteiger partial charge is 0.437 e. The first-order chi connectivity index (χ1) is 17.0. The number of anilines is 1. The Hall–Kier alpha value is -4.24. The topological polar surface area (TPSA) is 127 Å². The van der Waals surface area contributed by atoms with E-state index >= 15 is 0 Å². The molecule has 2 aromatic heterocycles. The van der Waals surface area contributed by atoms with Crippen molar-refractivity contribution < 1.29 is 22.8 Å². The lowest BCUT2D eigenvalue weighted by Crippen LogP contribution is -2.19. The van der Waals surface area contributed by atoms with E-state index in [1.165, 1.54) is 6.92 Å². The molecule has 12 heteroatoms. The van der Waals surface area contributed by atoms with Crippen LogP contribution < -0.4 is 11.1 Å². The number of amides is 2. The van der Waals surface area contributed by atoms with Gasteiger partial charge in [0, 0.05) is 9.86 Å². The minimum absolute atomic E-state index is 0.0260. The monoisotopic (exact) mass is 556 g/mol. The Kier molecular flexibility index (Phi) is 6.51. The van der Waals surface area contributed by atoms with Gasteiger partial charge in [-0.3, -0.25) is 14.3 Å². The normalized spacial score (nSPS) is 11.3. The molecule has 0 bridgehead atoms. The van der Waals surface area contributed by atoms with Crippen molar-refractivity contribution in [3.05, 3.63) is 86.8 Å². The van der Waals surface area contributed by atoms with Gasteiger partial charge >= 0.3 is 6.18 Å². The van der Waals surface area contributed by atoms with Gasteiger partial charge in [-0.15, -0.1) is 0 Å². The fourth-order valence-electron chi connectivity index (χ4n) is 3.67. The Bertz CT molecular complexity index is 1570. The maximum atomic E-state index is 13.9. The van der Waals surface area contributed by atoms with Crippen LogP contribution in [0, 0.1) is 18.3 Å². The van der Waals surface area contributed by atoms with Crippen molar-refractivity contribution >= 4 is 44.3 Å². The summed E-state index contributed by atoms with van der Waals surface area (Å²) in [6, 6.07) is 14.3. The fourth-order valence-corrected chi connectivity index (χ4v) is 4.03. The van der Waals surface area contributed by atoms with Crippen molar-refractivity contribution in [1.82, 2.24) is 14.8 Å². The smallest absolute Gasteiger partial charge is 0.364 e. The van der Waals surface area contributed by atoms with Crippen LogP contribution in [0.25, 0.3) is 10.9 Å². The molecule has 0 aliphatic heterocycles. The SMILES string of the molecule is Cc1c(NC(=O)c2cc(C(N)=O)nc3ccc(Br)cc23)c(C(F)(F)F)nn1Cc1ccccc1C#N. The second-order valence-electron chi connectivity index (χ2n) is 7.77. The van der Waals surface area contributed by atoms with E-state index in [2.05, 4.69) is 31.3 Å². The number of nitrogens with zero attached hydrogens (tertiary/aromatic N) is 4. The summed E-state index contributed by atoms with van der Waals surface area (Å²) in [6.07, 6.45) is -4.88. The van der Waals surface area contributed by atoms with Crippen molar-refractivity contribution in [2.45, 2.75) is 19.6 Å². The average molecular weight is 557 g/mol. The zero-order chi connectivity index (χ0) is 26.2. The Morgan fingerprint density at radius 3 is 2.58 bits per heavy atom.